The predicted octanol–water partition coefficient (Wildman–Crippen LogP) is 2.05. The Balaban J connectivity index is 2.06. The molecule has 1 heterocycles. The Bertz CT molecular complexity index is 552. The van der Waals surface area contributed by atoms with Crippen LogP contribution < -0.4 is 5.73 Å². The van der Waals surface area contributed by atoms with Gasteiger partial charge in [0.1, 0.15) is 0 Å². The molecule has 0 spiro atoms. The third kappa shape index (κ3) is 3.33. The number of tetrazole rings is 1. The van der Waals surface area contributed by atoms with Crippen molar-refractivity contribution in [3.63, 3.8) is 0 Å². The number of aromatic nitrogens is 4. The summed E-state index contributed by atoms with van der Waals surface area (Å²) in [6.07, 6.45) is 3.17. The van der Waals surface area contributed by atoms with Crippen molar-refractivity contribution < 1.29 is 4.74 Å². The van der Waals surface area contributed by atoms with E-state index in [0.717, 1.165) is 55.1 Å². The van der Waals surface area contributed by atoms with Gasteiger partial charge in [-0.2, -0.15) is 0 Å². The van der Waals surface area contributed by atoms with Crippen LogP contribution in [-0.2, 0) is 11.3 Å². The zero-order valence-corrected chi connectivity index (χ0v) is 12.0. The first kappa shape index (κ1) is 14.5. The van der Waals surface area contributed by atoms with E-state index in [1.165, 1.54) is 0 Å². The van der Waals surface area contributed by atoms with Crippen LogP contribution in [0, 0.1) is 6.92 Å². The topological polar surface area (TPSA) is 78.8 Å². The Morgan fingerprint density at radius 2 is 2.10 bits per heavy atom. The van der Waals surface area contributed by atoms with Crippen molar-refractivity contribution in [1.29, 1.82) is 0 Å². The third-order valence-electron chi connectivity index (χ3n) is 3.32. The van der Waals surface area contributed by atoms with Crippen LogP contribution in [0.3, 0.4) is 0 Å². The van der Waals surface area contributed by atoms with Gasteiger partial charge in [0.2, 0.25) is 0 Å². The number of aryl methyl sites for hydroxylation is 2. The van der Waals surface area contributed by atoms with E-state index in [1.807, 2.05) is 29.8 Å². The molecule has 0 radical (unpaired) electrons. The summed E-state index contributed by atoms with van der Waals surface area (Å²) in [5.74, 6) is 0.734. The van der Waals surface area contributed by atoms with E-state index in [4.69, 9.17) is 10.5 Å². The summed E-state index contributed by atoms with van der Waals surface area (Å²) in [6, 6.07) is 5.91. The van der Waals surface area contributed by atoms with Crippen LogP contribution in [0.25, 0.3) is 11.4 Å². The summed E-state index contributed by atoms with van der Waals surface area (Å²) in [5, 5.41) is 11.9. The highest BCUT2D eigenvalue weighted by Crippen LogP contribution is 2.26. The summed E-state index contributed by atoms with van der Waals surface area (Å²) in [7, 11) is 1.72. The van der Waals surface area contributed by atoms with Crippen molar-refractivity contribution in [2.75, 3.05) is 19.5 Å². The summed E-state index contributed by atoms with van der Waals surface area (Å²) >= 11 is 0. The molecule has 0 aliphatic rings. The molecule has 2 rings (SSSR count). The normalized spacial score (nSPS) is 10.9. The van der Waals surface area contributed by atoms with Crippen molar-refractivity contribution in [2.24, 2.45) is 0 Å². The summed E-state index contributed by atoms with van der Waals surface area (Å²) in [4.78, 5) is 0. The summed E-state index contributed by atoms with van der Waals surface area (Å²) in [6.45, 7) is 3.57. The molecule has 6 heteroatoms. The number of hydrogen-bond donors (Lipinski definition) is 1. The van der Waals surface area contributed by atoms with Crippen molar-refractivity contribution in [1.82, 2.24) is 20.2 Å². The number of benzene rings is 1. The molecule has 108 valence electrons. The van der Waals surface area contributed by atoms with Gasteiger partial charge in [-0.1, -0.05) is 12.1 Å². The van der Waals surface area contributed by atoms with Crippen LogP contribution in [0.4, 0.5) is 5.69 Å². The third-order valence-corrected chi connectivity index (χ3v) is 3.32. The number of hydrogen-bond acceptors (Lipinski definition) is 5. The molecule has 1 aromatic carbocycles. The van der Waals surface area contributed by atoms with E-state index in [1.54, 1.807) is 7.11 Å². The SMILES string of the molecule is COCCCCCn1nnnc1-c1cccc(C)c1N. The van der Waals surface area contributed by atoms with Gasteiger partial charge in [0.15, 0.2) is 5.82 Å². The number of methoxy groups -OCH3 is 1. The van der Waals surface area contributed by atoms with E-state index >= 15 is 0 Å². The van der Waals surface area contributed by atoms with Crippen molar-refractivity contribution >= 4 is 5.69 Å². The van der Waals surface area contributed by atoms with Gasteiger partial charge < -0.3 is 10.5 Å². The molecule has 0 saturated heterocycles. The van der Waals surface area contributed by atoms with Gasteiger partial charge in [0.25, 0.3) is 0 Å². The molecule has 0 fully saturated rings. The minimum Gasteiger partial charge on any atom is -0.398 e. The number of para-hydroxylation sites is 1. The highest BCUT2D eigenvalue weighted by Gasteiger charge is 2.12. The smallest absolute Gasteiger partial charge is 0.184 e. The van der Waals surface area contributed by atoms with Crippen LogP contribution >= 0.6 is 0 Å². The lowest BCUT2D eigenvalue weighted by atomic mass is 10.1. The van der Waals surface area contributed by atoms with Crippen LogP contribution in [0.2, 0.25) is 0 Å². The number of ether oxygens (including phenoxy) is 1. The van der Waals surface area contributed by atoms with Gasteiger partial charge in [-0.25, -0.2) is 4.68 Å². The highest BCUT2D eigenvalue weighted by molar-refractivity contribution is 5.73. The lowest BCUT2D eigenvalue weighted by Gasteiger charge is -2.08. The number of anilines is 1. The van der Waals surface area contributed by atoms with E-state index < -0.39 is 0 Å². The Morgan fingerprint density at radius 3 is 2.90 bits per heavy atom. The first-order valence-corrected chi connectivity index (χ1v) is 6.84. The standard InChI is InChI=1S/C14H21N5O/c1-11-7-6-8-12(13(11)15)14-16-17-18-19(14)9-4-3-5-10-20-2/h6-8H,3-5,9-10,15H2,1-2H3. The predicted molar refractivity (Wildman–Crippen MR) is 78.1 cm³/mol. The van der Waals surface area contributed by atoms with E-state index in [9.17, 15) is 0 Å². The Morgan fingerprint density at radius 1 is 1.25 bits per heavy atom. The van der Waals surface area contributed by atoms with Gasteiger partial charge in [-0.05, 0) is 48.2 Å². The molecular formula is C14H21N5O. The lowest BCUT2D eigenvalue weighted by molar-refractivity contribution is 0.191. The van der Waals surface area contributed by atoms with Crippen LogP contribution in [0.1, 0.15) is 24.8 Å². The van der Waals surface area contributed by atoms with Crippen LogP contribution in [-0.4, -0.2) is 33.9 Å². The monoisotopic (exact) mass is 275 g/mol. The summed E-state index contributed by atoms with van der Waals surface area (Å²) < 4.78 is 6.85. The fourth-order valence-corrected chi connectivity index (χ4v) is 2.11. The van der Waals surface area contributed by atoms with Gasteiger partial charge in [-0.15, -0.1) is 5.10 Å². The second kappa shape index (κ2) is 7.00. The second-order valence-corrected chi connectivity index (χ2v) is 4.82. The lowest BCUT2D eigenvalue weighted by Crippen LogP contribution is -2.05. The number of unbranched alkanes of at least 4 members (excludes halogenated alkanes) is 2. The molecule has 0 aliphatic heterocycles. The minimum atomic E-state index is 0.734. The number of nitrogens with zero attached hydrogens (tertiary/aromatic N) is 4. The maximum absolute atomic E-state index is 6.11. The van der Waals surface area contributed by atoms with Crippen LogP contribution in [0.15, 0.2) is 18.2 Å². The van der Waals surface area contributed by atoms with Gasteiger partial charge >= 0.3 is 0 Å². The van der Waals surface area contributed by atoms with Gasteiger partial charge in [0, 0.05) is 31.5 Å². The molecule has 20 heavy (non-hydrogen) atoms. The van der Waals surface area contributed by atoms with Crippen molar-refractivity contribution in [3.05, 3.63) is 23.8 Å². The number of nitrogen functional groups attached to an aromatic ring is 1. The zero-order chi connectivity index (χ0) is 14.4. The molecule has 2 aromatic rings. The molecular weight excluding hydrogens is 254 g/mol. The first-order valence-electron chi connectivity index (χ1n) is 6.84. The molecule has 2 N–H and O–H groups in total. The highest BCUT2D eigenvalue weighted by atomic mass is 16.5. The Kier molecular flexibility index (Phi) is 5.06. The molecule has 1 aromatic heterocycles. The Labute approximate surface area is 118 Å². The fourth-order valence-electron chi connectivity index (χ4n) is 2.11. The van der Waals surface area contributed by atoms with Gasteiger partial charge in [-0.3, -0.25) is 0 Å². The Hall–Kier alpha value is -1.95. The van der Waals surface area contributed by atoms with Crippen molar-refractivity contribution in [2.45, 2.75) is 32.7 Å². The molecule has 6 nitrogen and oxygen atoms in total. The molecule has 0 unspecified atom stereocenters. The van der Waals surface area contributed by atoms with E-state index in [2.05, 4.69) is 15.5 Å². The average molecular weight is 275 g/mol. The largest absolute Gasteiger partial charge is 0.398 e. The van der Waals surface area contributed by atoms with Crippen molar-refractivity contribution in [3.8, 4) is 11.4 Å². The first-order chi connectivity index (χ1) is 9.74. The number of rotatable bonds is 7. The second-order valence-electron chi connectivity index (χ2n) is 4.82. The molecule has 0 aliphatic carbocycles. The summed E-state index contributed by atoms with van der Waals surface area (Å²) in [5.41, 5.74) is 8.78. The molecule has 0 bridgehead atoms. The quantitative estimate of drug-likeness (QED) is 0.618. The van der Waals surface area contributed by atoms with Crippen LogP contribution in [0.5, 0.6) is 0 Å². The van der Waals surface area contributed by atoms with Gasteiger partial charge in [0.05, 0.1) is 0 Å². The molecule has 0 atom stereocenters. The number of nitrogens with two attached hydrogens (primary N) is 1. The maximum Gasteiger partial charge on any atom is 0.184 e. The molecule has 0 saturated carbocycles. The van der Waals surface area contributed by atoms with E-state index in [0.29, 0.717) is 0 Å². The maximum atomic E-state index is 6.11. The molecule has 0 amide bonds. The fraction of sp³-hybridized carbons (Fsp3) is 0.500. The zero-order valence-electron chi connectivity index (χ0n) is 12.0. The van der Waals surface area contributed by atoms with E-state index in [-0.39, 0.29) is 0 Å². The minimum absolute atomic E-state index is 0.734. The average Bonchev–Trinajstić information content (AvgIpc) is 2.90.